The van der Waals surface area contributed by atoms with Gasteiger partial charge in [0.2, 0.25) is 0 Å². The van der Waals surface area contributed by atoms with Crippen LogP contribution < -0.4 is 11.1 Å². The molecule has 6 heavy (non-hydrogen) atoms. The van der Waals surface area contributed by atoms with Crippen molar-refractivity contribution in [3.05, 3.63) is 0 Å². The van der Waals surface area contributed by atoms with Gasteiger partial charge in [0, 0.05) is 0 Å². The van der Waals surface area contributed by atoms with E-state index in [0.717, 1.165) is 0 Å². The molecule has 0 spiro atoms. The Balaban J connectivity index is 2.38. The van der Waals surface area contributed by atoms with Gasteiger partial charge in [-0.1, -0.05) is 0 Å². The number of hydroxylamine groups is 1. The molecule has 1 rings (SSSR count). The second-order valence-corrected chi connectivity index (χ2v) is 0.813. The molecule has 1 aliphatic heterocycles. The van der Waals surface area contributed by atoms with Gasteiger partial charge in [-0.2, -0.15) is 5.17 Å². The van der Waals surface area contributed by atoms with Crippen LogP contribution in [0, 0.1) is 0 Å². The SMILES string of the molecule is ON1C=NNN1. The van der Waals surface area contributed by atoms with Gasteiger partial charge in [-0.3, -0.25) is 5.21 Å². The molecule has 0 fully saturated rings. The molecule has 0 aromatic heterocycles. The van der Waals surface area contributed by atoms with Crippen LogP contribution in [0.5, 0.6) is 0 Å². The highest BCUT2D eigenvalue weighted by molar-refractivity contribution is 5.52. The molecule has 0 saturated heterocycles. The van der Waals surface area contributed by atoms with Crippen LogP contribution in [0.15, 0.2) is 5.10 Å². The highest BCUT2D eigenvalue weighted by atomic mass is 16.6. The van der Waals surface area contributed by atoms with Gasteiger partial charge in [-0.25, -0.2) is 5.53 Å². The Hall–Kier alpha value is -0.810. The third-order valence-corrected chi connectivity index (χ3v) is 0.396. The second-order valence-electron chi connectivity index (χ2n) is 0.813. The van der Waals surface area contributed by atoms with Gasteiger partial charge in [0.25, 0.3) is 0 Å². The zero-order chi connectivity index (χ0) is 4.41. The first kappa shape index (κ1) is 3.38. The summed E-state index contributed by atoms with van der Waals surface area (Å²) in [4.78, 5) is 0. The van der Waals surface area contributed by atoms with E-state index in [-0.39, 0.29) is 0 Å². The van der Waals surface area contributed by atoms with Crippen LogP contribution in [0.3, 0.4) is 0 Å². The number of nitrogens with zero attached hydrogens (tertiary/aromatic N) is 2. The first-order chi connectivity index (χ1) is 2.89. The van der Waals surface area contributed by atoms with Gasteiger partial charge < -0.3 is 0 Å². The highest BCUT2D eigenvalue weighted by Gasteiger charge is 1.92. The number of hydrazone groups is 1. The molecule has 1 aliphatic rings. The van der Waals surface area contributed by atoms with Crippen molar-refractivity contribution >= 4 is 6.34 Å². The molecule has 0 aliphatic carbocycles. The van der Waals surface area contributed by atoms with E-state index in [1.807, 2.05) is 0 Å². The minimum Gasteiger partial charge on any atom is -0.271 e. The smallest absolute Gasteiger partial charge is 0.157 e. The Morgan fingerprint density at radius 2 is 2.67 bits per heavy atom. The lowest BCUT2D eigenvalue weighted by molar-refractivity contribution is -0.0581. The first-order valence-electron chi connectivity index (χ1n) is 1.41. The van der Waals surface area contributed by atoms with Crippen LogP contribution >= 0.6 is 0 Å². The van der Waals surface area contributed by atoms with Crippen molar-refractivity contribution in [2.45, 2.75) is 0 Å². The molecule has 1 heterocycles. The maximum Gasteiger partial charge on any atom is 0.157 e. The van der Waals surface area contributed by atoms with Crippen molar-refractivity contribution in [1.82, 2.24) is 16.2 Å². The predicted octanol–water partition coefficient (Wildman–Crippen LogP) is -1.36. The predicted molar refractivity (Wildman–Crippen MR) is 18.4 cm³/mol. The van der Waals surface area contributed by atoms with Gasteiger partial charge >= 0.3 is 0 Å². The summed E-state index contributed by atoms with van der Waals surface area (Å²) in [6.45, 7) is 0. The summed E-state index contributed by atoms with van der Waals surface area (Å²) in [5.41, 5.74) is 4.50. The minimum atomic E-state index is 0.708. The number of hydrazine groups is 2. The number of hydrogen-bond acceptors (Lipinski definition) is 5. The van der Waals surface area contributed by atoms with Crippen LogP contribution in [-0.2, 0) is 0 Å². The number of nitrogens with one attached hydrogen (secondary N) is 2. The van der Waals surface area contributed by atoms with Crippen molar-refractivity contribution < 1.29 is 5.21 Å². The summed E-state index contributed by atoms with van der Waals surface area (Å²) in [7, 11) is 0. The fourth-order valence-corrected chi connectivity index (χ4v) is 0.193. The molecule has 0 radical (unpaired) electrons. The molecule has 0 aromatic carbocycles. The van der Waals surface area contributed by atoms with Crippen molar-refractivity contribution in [1.29, 1.82) is 0 Å². The molecule has 0 unspecified atom stereocenters. The van der Waals surface area contributed by atoms with Gasteiger partial charge in [0.05, 0.1) is 0 Å². The summed E-state index contributed by atoms with van der Waals surface area (Å²) < 4.78 is 0. The molecule has 0 saturated carbocycles. The van der Waals surface area contributed by atoms with Crippen LogP contribution in [0.2, 0.25) is 0 Å². The third-order valence-electron chi connectivity index (χ3n) is 0.396. The lowest BCUT2D eigenvalue weighted by Gasteiger charge is -1.98. The normalized spacial score (nSPS) is 18.5. The first-order valence-corrected chi connectivity index (χ1v) is 1.41. The number of rotatable bonds is 0. The molecule has 5 heteroatoms. The Labute approximate surface area is 34.1 Å². The van der Waals surface area contributed by atoms with Gasteiger partial charge in [-0.05, 0) is 0 Å². The highest BCUT2D eigenvalue weighted by Crippen LogP contribution is 1.68. The van der Waals surface area contributed by atoms with E-state index in [9.17, 15) is 0 Å². The standard InChI is InChI=1S/CH4N4O/c6-5-1-2-3-4-5/h1,3-4,6H. The molecular weight excluding hydrogens is 84.0 g/mol. The lowest BCUT2D eigenvalue weighted by atomic mass is 11.3. The Bertz CT molecular complexity index is 69.9. The Morgan fingerprint density at radius 1 is 1.83 bits per heavy atom. The van der Waals surface area contributed by atoms with Crippen molar-refractivity contribution in [2.75, 3.05) is 0 Å². The molecule has 5 nitrogen and oxygen atoms in total. The second kappa shape index (κ2) is 1.11. The average molecular weight is 88.1 g/mol. The fraction of sp³-hybridized carbons (Fsp3) is 0. The monoisotopic (exact) mass is 88.0 g/mol. The van der Waals surface area contributed by atoms with E-state index in [2.05, 4.69) is 16.2 Å². The summed E-state index contributed by atoms with van der Waals surface area (Å²) in [6, 6.07) is 0. The van der Waals surface area contributed by atoms with Crippen molar-refractivity contribution in [3.63, 3.8) is 0 Å². The maximum atomic E-state index is 8.24. The van der Waals surface area contributed by atoms with E-state index >= 15 is 0 Å². The largest absolute Gasteiger partial charge is 0.271 e. The van der Waals surface area contributed by atoms with Gasteiger partial charge in [-0.15, -0.1) is 10.6 Å². The molecule has 0 amide bonds. The van der Waals surface area contributed by atoms with Crippen molar-refractivity contribution in [2.24, 2.45) is 5.10 Å². The quantitative estimate of drug-likeness (QED) is 0.342. The van der Waals surface area contributed by atoms with E-state index in [1.165, 1.54) is 6.34 Å². The minimum absolute atomic E-state index is 0.708. The number of hydrogen-bond donors (Lipinski definition) is 3. The molecule has 0 bridgehead atoms. The summed E-state index contributed by atoms with van der Waals surface area (Å²) in [6.07, 6.45) is 1.19. The maximum absolute atomic E-state index is 8.24. The zero-order valence-electron chi connectivity index (χ0n) is 2.92. The van der Waals surface area contributed by atoms with Crippen LogP contribution in [0.1, 0.15) is 0 Å². The molecular formula is CH4N4O. The fourth-order valence-electron chi connectivity index (χ4n) is 0.193. The molecule has 34 valence electrons. The molecule has 0 atom stereocenters. The summed E-state index contributed by atoms with van der Waals surface area (Å²) in [5.74, 6) is 0. The Kier molecular flexibility index (Phi) is 0.627. The lowest BCUT2D eigenvalue weighted by Crippen LogP contribution is -2.34. The third kappa shape index (κ3) is 0.399. The van der Waals surface area contributed by atoms with Crippen molar-refractivity contribution in [3.8, 4) is 0 Å². The van der Waals surface area contributed by atoms with E-state index in [4.69, 9.17) is 5.21 Å². The van der Waals surface area contributed by atoms with Crippen LogP contribution in [0.4, 0.5) is 0 Å². The van der Waals surface area contributed by atoms with Crippen LogP contribution in [0.25, 0.3) is 0 Å². The molecule has 0 aromatic rings. The topological polar surface area (TPSA) is 59.9 Å². The van der Waals surface area contributed by atoms with Gasteiger partial charge in [0.1, 0.15) is 0 Å². The van der Waals surface area contributed by atoms with Gasteiger partial charge in [0.15, 0.2) is 6.34 Å². The van der Waals surface area contributed by atoms with E-state index in [1.54, 1.807) is 0 Å². The van der Waals surface area contributed by atoms with E-state index in [0.29, 0.717) is 5.17 Å². The Morgan fingerprint density at radius 3 is 2.83 bits per heavy atom. The molecule has 3 N–H and O–H groups in total. The summed E-state index contributed by atoms with van der Waals surface area (Å²) >= 11 is 0. The van der Waals surface area contributed by atoms with E-state index < -0.39 is 0 Å². The van der Waals surface area contributed by atoms with Crippen LogP contribution in [-0.4, -0.2) is 16.7 Å². The average Bonchev–Trinajstić information content (AvgIpc) is 1.86. The summed E-state index contributed by atoms with van der Waals surface area (Å²) in [5, 5.41) is 12.3. The zero-order valence-corrected chi connectivity index (χ0v) is 2.92.